The van der Waals surface area contributed by atoms with E-state index in [0.717, 1.165) is 42.2 Å². The van der Waals surface area contributed by atoms with Crippen LogP contribution in [0.2, 0.25) is 0 Å². The van der Waals surface area contributed by atoms with Gasteiger partial charge in [-0.25, -0.2) is 4.39 Å². The van der Waals surface area contributed by atoms with Crippen molar-refractivity contribution in [3.05, 3.63) is 55.9 Å². The Morgan fingerprint density at radius 2 is 1.97 bits per heavy atom. The van der Waals surface area contributed by atoms with Crippen molar-refractivity contribution >= 4 is 39.1 Å². The monoisotopic (exact) mass is 456 g/mol. The quantitative estimate of drug-likeness (QED) is 0.609. The summed E-state index contributed by atoms with van der Waals surface area (Å²) < 4.78 is 15.3. The smallest absolute Gasteiger partial charge is 0.280 e. The van der Waals surface area contributed by atoms with Crippen LogP contribution in [0.4, 0.5) is 9.39 Å². The van der Waals surface area contributed by atoms with Gasteiger partial charge >= 0.3 is 0 Å². The van der Waals surface area contributed by atoms with Gasteiger partial charge in [-0.15, -0.1) is 11.3 Å². The number of benzene rings is 1. The molecule has 3 aromatic rings. The second-order valence-corrected chi connectivity index (χ2v) is 9.26. The third kappa shape index (κ3) is 4.04. The predicted octanol–water partition coefficient (Wildman–Crippen LogP) is 3.89. The molecule has 0 fully saturated rings. The minimum Gasteiger partial charge on any atom is -0.350 e. The normalized spacial score (nSPS) is 13.3. The summed E-state index contributed by atoms with van der Waals surface area (Å²) in [5.41, 5.74) is 0.922. The number of halogens is 1. The number of fused-ring (bicyclic) bond motifs is 2. The molecule has 0 spiro atoms. The van der Waals surface area contributed by atoms with Gasteiger partial charge in [0.2, 0.25) is 5.43 Å². The average Bonchev–Trinajstić information content (AvgIpc) is 3.11. The number of carbonyl (C=O) groups excluding carboxylic acids is 2. The summed E-state index contributed by atoms with van der Waals surface area (Å²) in [4.78, 5) is 40.1. The molecule has 2 aromatic heterocycles. The molecule has 1 aliphatic carbocycles. The van der Waals surface area contributed by atoms with Crippen molar-refractivity contribution in [1.29, 1.82) is 0 Å². The van der Waals surface area contributed by atoms with E-state index in [1.165, 1.54) is 28.2 Å². The van der Waals surface area contributed by atoms with Gasteiger partial charge in [-0.3, -0.25) is 19.1 Å². The molecule has 0 bridgehead atoms. The van der Waals surface area contributed by atoms with Gasteiger partial charge < -0.3 is 10.6 Å². The molecular weight excluding hydrogens is 431 g/mol. The number of thiophene rings is 1. The molecule has 4 rings (SSSR count). The summed E-state index contributed by atoms with van der Waals surface area (Å²) in [5.74, 6) is -1.51. The van der Waals surface area contributed by atoms with E-state index >= 15 is 0 Å². The van der Waals surface area contributed by atoms with E-state index in [0.29, 0.717) is 22.6 Å². The van der Waals surface area contributed by atoms with E-state index < -0.39 is 17.2 Å². The molecular formula is C23H25FN4O3S. The standard InChI is InChI=1S/C23H25FN4O3S/c1-4-28-16-10-9-13(24)11-15(16)20(29)19(27-28)22(31)26-23-18(21(30)25-12(2)3)14-7-5-6-8-17(14)32-23/h9-12H,4-8H2,1-3H3,(H,25,30)(H,26,31). The number of hydrogen-bond acceptors (Lipinski definition) is 5. The Morgan fingerprint density at radius 3 is 2.69 bits per heavy atom. The number of anilines is 1. The summed E-state index contributed by atoms with van der Waals surface area (Å²) in [6, 6.07) is 3.80. The first-order chi connectivity index (χ1) is 15.3. The minimum atomic E-state index is -0.708. The van der Waals surface area contributed by atoms with Crippen LogP contribution in [0.1, 0.15) is 64.9 Å². The first-order valence-corrected chi connectivity index (χ1v) is 11.6. The molecule has 7 nitrogen and oxygen atoms in total. The lowest BCUT2D eigenvalue weighted by atomic mass is 9.95. The molecule has 2 amide bonds. The van der Waals surface area contributed by atoms with Gasteiger partial charge in [0.05, 0.1) is 16.5 Å². The average molecular weight is 457 g/mol. The van der Waals surface area contributed by atoms with E-state index in [4.69, 9.17) is 0 Å². The molecule has 168 valence electrons. The van der Waals surface area contributed by atoms with Crippen LogP contribution >= 0.6 is 11.3 Å². The van der Waals surface area contributed by atoms with Gasteiger partial charge in [-0.2, -0.15) is 5.10 Å². The summed E-state index contributed by atoms with van der Waals surface area (Å²) >= 11 is 1.37. The molecule has 2 N–H and O–H groups in total. The Bertz CT molecular complexity index is 1280. The van der Waals surface area contributed by atoms with Crippen LogP contribution in [0.25, 0.3) is 10.9 Å². The number of hydrogen-bond donors (Lipinski definition) is 2. The highest BCUT2D eigenvalue weighted by Gasteiger charge is 2.28. The van der Waals surface area contributed by atoms with Crippen molar-refractivity contribution in [1.82, 2.24) is 15.1 Å². The third-order valence-electron chi connectivity index (χ3n) is 5.48. The number of aromatic nitrogens is 2. The topological polar surface area (TPSA) is 93.1 Å². The van der Waals surface area contributed by atoms with Crippen molar-refractivity contribution in [2.24, 2.45) is 0 Å². The molecule has 0 unspecified atom stereocenters. The first kappa shape index (κ1) is 22.1. The molecule has 0 radical (unpaired) electrons. The third-order valence-corrected chi connectivity index (χ3v) is 6.68. The maximum atomic E-state index is 13.8. The summed E-state index contributed by atoms with van der Waals surface area (Å²) in [6.07, 6.45) is 3.65. The predicted molar refractivity (Wildman–Crippen MR) is 123 cm³/mol. The zero-order valence-corrected chi connectivity index (χ0v) is 19.1. The number of aryl methyl sites for hydroxylation is 2. The van der Waals surface area contributed by atoms with Gasteiger partial charge in [0.1, 0.15) is 10.8 Å². The maximum Gasteiger partial charge on any atom is 0.280 e. The SMILES string of the molecule is CCn1nc(C(=O)Nc2sc3c(c2C(=O)NC(C)C)CCCC3)c(=O)c2cc(F)ccc21. The Labute approximate surface area is 188 Å². The van der Waals surface area contributed by atoms with Crippen molar-refractivity contribution in [3.63, 3.8) is 0 Å². The molecule has 0 saturated heterocycles. The van der Waals surface area contributed by atoms with E-state index in [1.807, 2.05) is 20.8 Å². The van der Waals surface area contributed by atoms with Crippen LogP contribution in [0.3, 0.4) is 0 Å². The van der Waals surface area contributed by atoms with Gasteiger partial charge in [-0.05, 0) is 70.2 Å². The minimum absolute atomic E-state index is 0.0565. The van der Waals surface area contributed by atoms with Crippen LogP contribution in [-0.4, -0.2) is 27.6 Å². The van der Waals surface area contributed by atoms with E-state index in [2.05, 4.69) is 15.7 Å². The molecule has 0 aliphatic heterocycles. The van der Waals surface area contributed by atoms with Gasteiger partial charge in [-0.1, -0.05) is 0 Å². The molecule has 1 aromatic carbocycles. The lowest BCUT2D eigenvalue weighted by Crippen LogP contribution is -2.32. The second kappa shape index (κ2) is 8.82. The molecule has 9 heteroatoms. The molecule has 1 aliphatic rings. The molecule has 32 heavy (non-hydrogen) atoms. The lowest BCUT2D eigenvalue weighted by Gasteiger charge is -2.14. The van der Waals surface area contributed by atoms with Gasteiger partial charge in [0.15, 0.2) is 5.69 Å². The maximum absolute atomic E-state index is 13.8. The zero-order chi connectivity index (χ0) is 23.0. The van der Waals surface area contributed by atoms with Crippen LogP contribution in [0, 0.1) is 5.82 Å². The highest BCUT2D eigenvalue weighted by molar-refractivity contribution is 7.17. The van der Waals surface area contributed by atoms with Crippen LogP contribution < -0.4 is 16.1 Å². The van der Waals surface area contributed by atoms with Crippen LogP contribution in [0.15, 0.2) is 23.0 Å². The van der Waals surface area contributed by atoms with Crippen LogP contribution in [0.5, 0.6) is 0 Å². The van der Waals surface area contributed by atoms with Crippen molar-refractivity contribution in [3.8, 4) is 0 Å². The summed E-state index contributed by atoms with van der Waals surface area (Å²) in [5, 5.41) is 10.4. The van der Waals surface area contributed by atoms with Gasteiger partial charge in [0, 0.05) is 17.5 Å². The molecule has 0 saturated carbocycles. The van der Waals surface area contributed by atoms with E-state index in [-0.39, 0.29) is 23.0 Å². The zero-order valence-electron chi connectivity index (χ0n) is 18.3. The van der Waals surface area contributed by atoms with Gasteiger partial charge in [0.25, 0.3) is 11.8 Å². The first-order valence-electron chi connectivity index (χ1n) is 10.8. The fraction of sp³-hybridized carbons (Fsp3) is 0.391. The number of amides is 2. The summed E-state index contributed by atoms with van der Waals surface area (Å²) in [7, 11) is 0. The molecule has 0 atom stereocenters. The Balaban J connectivity index is 1.77. The second-order valence-electron chi connectivity index (χ2n) is 8.15. The highest BCUT2D eigenvalue weighted by Crippen LogP contribution is 2.38. The van der Waals surface area contributed by atoms with E-state index in [9.17, 15) is 18.8 Å². The highest BCUT2D eigenvalue weighted by atomic mass is 32.1. The fourth-order valence-electron chi connectivity index (χ4n) is 4.04. The van der Waals surface area contributed by atoms with Crippen molar-refractivity contribution in [2.45, 2.75) is 59.0 Å². The Kier molecular flexibility index (Phi) is 6.10. The number of nitrogens with zero attached hydrogens (tertiary/aromatic N) is 2. The Morgan fingerprint density at radius 1 is 1.22 bits per heavy atom. The molecule has 2 heterocycles. The fourth-order valence-corrected chi connectivity index (χ4v) is 5.32. The van der Waals surface area contributed by atoms with E-state index in [1.54, 1.807) is 0 Å². The Hall–Kier alpha value is -3.07. The van der Waals surface area contributed by atoms with Crippen LogP contribution in [-0.2, 0) is 19.4 Å². The number of nitrogens with one attached hydrogen (secondary N) is 2. The summed E-state index contributed by atoms with van der Waals surface area (Å²) in [6.45, 7) is 5.97. The lowest BCUT2D eigenvalue weighted by molar-refractivity contribution is 0.0943. The largest absolute Gasteiger partial charge is 0.350 e. The number of rotatable bonds is 5. The van der Waals surface area contributed by atoms with Crippen molar-refractivity contribution in [2.75, 3.05) is 5.32 Å². The van der Waals surface area contributed by atoms with Crippen molar-refractivity contribution < 1.29 is 14.0 Å². The number of carbonyl (C=O) groups is 2.